The molecule has 0 saturated heterocycles. The Hall–Kier alpha value is -1.89. The summed E-state index contributed by atoms with van der Waals surface area (Å²) in [6.45, 7) is 2.36. The van der Waals surface area contributed by atoms with Gasteiger partial charge in [-0.1, -0.05) is 13.3 Å². The zero-order chi connectivity index (χ0) is 18.0. The lowest BCUT2D eigenvalue weighted by Gasteiger charge is -2.07. The van der Waals surface area contributed by atoms with Crippen LogP contribution in [0.15, 0.2) is 0 Å². The molecule has 0 bridgehead atoms. The minimum atomic E-state index is -0.481. The van der Waals surface area contributed by atoms with Crippen LogP contribution in [0.1, 0.15) is 59.8 Å². The minimum absolute atomic E-state index is 0.0287. The maximum atomic E-state index is 12.2. The SMILES string of the molecule is C[C@@H]1C[C@H]1C(=O)NCCC(=O)Nc1sc2c(c1C(N)=O)CCCCC2. The van der Waals surface area contributed by atoms with Gasteiger partial charge in [-0.2, -0.15) is 0 Å². The summed E-state index contributed by atoms with van der Waals surface area (Å²) >= 11 is 1.47. The van der Waals surface area contributed by atoms with Gasteiger partial charge in [0.15, 0.2) is 0 Å². The number of aryl methyl sites for hydroxylation is 1. The molecule has 136 valence electrons. The van der Waals surface area contributed by atoms with Gasteiger partial charge in [-0.25, -0.2) is 0 Å². The highest BCUT2D eigenvalue weighted by Crippen LogP contribution is 2.38. The van der Waals surface area contributed by atoms with Crippen molar-refractivity contribution in [2.45, 2.75) is 51.9 Å². The number of hydrogen-bond acceptors (Lipinski definition) is 4. The van der Waals surface area contributed by atoms with Crippen LogP contribution in [0.5, 0.6) is 0 Å². The topological polar surface area (TPSA) is 101 Å². The smallest absolute Gasteiger partial charge is 0.251 e. The number of rotatable bonds is 6. The number of carbonyl (C=O) groups excluding carboxylic acids is 3. The summed E-state index contributed by atoms with van der Waals surface area (Å²) in [5.41, 5.74) is 7.06. The van der Waals surface area contributed by atoms with E-state index in [2.05, 4.69) is 10.6 Å². The molecule has 1 aromatic heterocycles. The Labute approximate surface area is 151 Å². The molecule has 25 heavy (non-hydrogen) atoms. The highest BCUT2D eigenvalue weighted by atomic mass is 32.1. The first-order chi connectivity index (χ1) is 12.0. The second-order valence-electron chi connectivity index (χ2n) is 7.04. The monoisotopic (exact) mass is 363 g/mol. The van der Waals surface area contributed by atoms with E-state index >= 15 is 0 Å². The maximum Gasteiger partial charge on any atom is 0.251 e. The normalized spacial score (nSPS) is 21.8. The molecule has 0 unspecified atom stereocenters. The molecule has 0 aromatic carbocycles. The van der Waals surface area contributed by atoms with Gasteiger partial charge in [0.25, 0.3) is 5.91 Å². The van der Waals surface area contributed by atoms with Crippen LogP contribution in [-0.4, -0.2) is 24.3 Å². The molecular weight excluding hydrogens is 338 g/mol. The molecule has 0 spiro atoms. The van der Waals surface area contributed by atoms with Gasteiger partial charge < -0.3 is 16.4 Å². The van der Waals surface area contributed by atoms with Crippen LogP contribution < -0.4 is 16.4 Å². The van der Waals surface area contributed by atoms with Gasteiger partial charge in [-0.15, -0.1) is 11.3 Å². The highest BCUT2D eigenvalue weighted by Gasteiger charge is 2.38. The van der Waals surface area contributed by atoms with Crippen molar-refractivity contribution in [1.82, 2.24) is 5.32 Å². The predicted molar refractivity (Wildman–Crippen MR) is 97.6 cm³/mol. The fourth-order valence-electron chi connectivity index (χ4n) is 3.40. The van der Waals surface area contributed by atoms with Crippen LogP contribution in [0.25, 0.3) is 0 Å². The van der Waals surface area contributed by atoms with Gasteiger partial charge in [0, 0.05) is 23.8 Å². The lowest BCUT2D eigenvalue weighted by molar-refractivity contribution is -0.122. The molecule has 6 nitrogen and oxygen atoms in total. The molecule has 2 aliphatic carbocycles. The largest absolute Gasteiger partial charge is 0.365 e. The Balaban J connectivity index is 1.59. The average Bonchev–Trinajstić information content (AvgIpc) is 3.24. The Morgan fingerprint density at radius 1 is 1.20 bits per heavy atom. The molecule has 0 aliphatic heterocycles. The van der Waals surface area contributed by atoms with E-state index in [1.807, 2.05) is 6.92 Å². The van der Waals surface area contributed by atoms with E-state index in [0.717, 1.165) is 49.0 Å². The van der Waals surface area contributed by atoms with Crippen molar-refractivity contribution in [1.29, 1.82) is 0 Å². The number of primary amides is 1. The molecule has 3 amide bonds. The fourth-order valence-corrected chi connectivity index (χ4v) is 4.71. The van der Waals surface area contributed by atoms with Crippen molar-refractivity contribution in [2.75, 3.05) is 11.9 Å². The first-order valence-corrected chi connectivity index (χ1v) is 9.81. The second kappa shape index (κ2) is 7.56. The molecule has 0 radical (unpaired) electrons. The number of nitrogens with two attached hydrogens (primary N) is 1. The molecular formula is C18H25N3O3S. The summed E-state index contributed by atoms with van der Waals surface area (Å²) < 4.78 is 0. The molecule has 1 fully saturated rings. The van der Waals surface area contributed by atoms with Gasteiger partial charge in [0.2, 0.25) is 11.8 Å². The van der Waals surface area contributed by atoms with Crippen LogP contribution in [0, 0.1) is 11.8 Å². The summed E-state index contributed by atoms with van der Waals surface area (Å²) in [6.07, 6.45) is 6.20. The van der Waals surface area contributed by atoms with Gasteiger partial charge >= 0.3 is 0 Å². The zero-order valence-corrected chi connectivity index (χ0v) is 15.3. The molecule has 1 heterocycles. The van der Waals surface area contributed by atoms with E-state index in [9.17, 15) is 14.4 Å². The molecule has 1 saturated carbocycles. The summed E-state index contributed by atoms with van der Waals surface area (Å²) in [7, 11) is 0. The zero-order valence-electron chi connectivity index (χ0n) is 14.5. The minimum Gasteiger partial charge on any atom is -0.365 e. The molecule has 1 aromatic rings. The fraction of sp³-hybridized carbons (Fsp3) is 0.611. The molecule has 3 rings (SSSR count). The predicted octanol–water partition coefficient (Wildman–Crippen LogP) is 2.22. The summed E-state index contributed by atoms with van der Waals surface area (Å²) in [5.74, 6) is -0.0966. The van der Waals surface area contributed by atoms with Crippen LogP contribution in [0.4, 0.5) is 5.00 Å². The third-order valence-corrected chi connectivity index (χ3v) is 6.23. The van der Waals surface area contributed by atoms with E-state index in [1.54, 1.807) is 0 Å². The van der Waals surface area contributed by atoms with Gasteiger partial charge in [0.1, 0.15) is 5.00 Å². The van der Waals surface area contributed by atoms with Crippen LogP contribution in [0.2, 0.25) is 0 Å². The molecule has 2 atom stereocenters. The van der Waals surface area contributed by atoms with E-state index in [4.69, 9.17) is 5.73 Å². The highest BCUT2D eigenvalue weighted by molar-refractivity contribution is 7.17. The van der Waals surface area contributed by atoms with Gasteiger partial charge in [-0.05, 0) is 43.6 Å². The quantitative estimate of drug-likeness (QED) is 0.675. The van der Waals surface area contributed by atoms with Crippen molar-refractivity contribution in [3.63, 3.8) is 0 Å². The number of anilines is 1. The lowest BCUT2D eigenvalue weighted by Crippen LogP contribution is -2.29. The molecule has 7 heteroatoms. The molecule has 4 N–H and O–H groups in total. The Bertz CT molecular complexity index is 698. The first-order valence-electron chi connectivity index (χ1n) is 8.99. The Kier molecular flexibility index (Phi) is 5.42. The first kappa shape index (κ1) is 17.9. The van der Waals surface area contributed by atoms with Gasteiger partial charge in [-0.3, -0.25) is 14.4 Å². The van der Waals surface area contributed by atoms with Crippen molar-refractivity contribution in [3.05, 3.63) is 16.0 Å². The average molecular weight is 363 g/mol. The van der Waals surface area contributed by atoms with E-state index < -0.39 is 5.91 Å². The van der Waals surface area contributed by atoms with E-state index in [0.29, 0.717) is 23.0 Å². The number of nitrogens with one attached hydrogen (secondary N) is 2. The standard InChI is InChI=1S/C18H25N3O3S/c1-10-9-12(10)17(24)20-8-7-14(22)21-18-15(16(19)23)11-5-3-2-4-6-13(11)25-18/h10,12H,2-9H2,1H3,(H2,19,23)(H,20,24)(H,21,22)/t10-,12-/m1/s1. The number of amides is 3. The number of hydrogen-bond donors (Lipinski definition) is 3. The lowest BCUT2D eigenvalue weighted by atomic mass is 10.1. The van der Waals surface area contributed by atoms with E-state index in [-0.39, 0.29) is 24.2 Å². The van der Waals surface area contributed by atoms with Crippen LogP contribution in [0.3, 0.4) is 0 Å². The number of fused-ring (bicyclic) bond motifs is 1. The third kappa shape index (κ3) is 4.21. The molecule has 2 aliphatic rings. The van der Waals surface area contributed by atoms with Gasteiger partial charge in [0.05, 0.1) is 5.56 Å². The number of thiophene rings is 1. The maximum absolute atomic E-state index is 12.2. The summed E-state index contributed by atoms with van der Waals surface area (Å²) in [4.78, 5) is 37.0. The van der Waals surface area contributed by atoms with Crippen molar-refractivity contribution in [2.24, 2.45) is 17.6 Å². The Morgan fingerprint density at radius 2 is 1.92 bits per heavy atom. The summed E-state index contributed by atoms with van der Waals surface area (Å²) in [6, 6.07) is 0. The number of carbonyl (C=O) groups is 3. The Morgan fingerprint density at radius 3 is 2.60 bits per heavy atom. The second-order valence-corrected chi connectivity index (χ2v) is 8.15. The van der Waals surface area contributed by atoms with Crippen LogP contribution >= 0.6 is 11.3 Å². The van der Waals surface area contributed by atoms with Crippen LogP contribution in [-0.2, 0) is 22.4 Å². The van der Waals surface area contributed by atoms with Crippen molar-refractivity contribution in [3.8, 4) is 0 Å². The van der Waals surface area contributed by atoms with Crippen molar-refractivity contribution < 1.29 is 14.4 Å². The van der Waals surface area contributed by atoms with E-state index in [1.165, 1.54) is 11.3 Å². The van der Waals surface area contributed by atoms with Crippen molar-refractivity contribution >= 4 is 34.1 Å². The third-order valence-electron chi connectivity index (χ3n) is 5.02. The summed E-state index contributed by atoms with van der Waals surface area (Å²) in [5, 5.41) is 6.18.